The normalized spacial score (nSPS) is 17.5. The predicted octanol–water partition coefficient (Wildman–Crippen LogP) is 3.55. The number of aliphatic hydroxyl groups is 1. The van der Waals surface area contributed by atoms with Crippen LogP contribution in [0.25, 0.3) is 0 Å². The SMILES string of the molecule is C[N+]1(CCC(O)(c2ccccc2)c2ccccc2)CCCC1. The predicted molar refractivity (Wildman–Crippen MR) is 90.5 cm³/mol. The van der Waals surface area contributed by atoms with Crippen LogP contribution in [0.15, 0.2) is 60.7 Å². The molecule has 0 spiro atoms. The molecule has 1 heterocycles. The third-order valence-corrected chi connectivity index (χ3v) is 5.16. The maximum Gasteiger partial charge on any atom is 0.120 e. The fourth-order valence-electron chi connectivity index (χ4n) is 3.64. The second-order valence-electron chi connectivity index (χ2n) is 6.84. The largest absolute Gasteiger partial charge is 0.380 e. The van der Waals surface area contributed by atoms with E-state index in [1.807, 2.05) is 60.7 Å². The summed E-state index contributed by atoms with van der Waals surface area (Å²) in [5.74, 6) is 0. The first-order chi connectivity index (χ1) is 10.6. The number of rotatable bonds is 5. The lowest BCUT2D eigenvalue weighted by Gasteiger charge is -2.35. The maximum absolute atomic E-state index is 11.5. The Kier molecular flexibility index (Phi) is 4.32. The van der Waals surface area contributed by atoms with E-state index in [0.717, 1.165) is 28.6 Å². The van der Waals surface area contributed by atoms with Crippen molar-refractivity contribution in [1.82, 2.24) is 0 Å². The molecule has 1 aliphatic rings. The summed E-state index contributed by atoms with van der Waals surface area (Å²) in [5.41, 5.74) is 1.09. The molecule has 0 amide bonds. The monoisotopic (exact) mass is 296 g/mol. The van der Waals surface area contributed by atoms with Crippen LogP contribution in [0, 0.1) is 0 Å². The third-order valence-electron chi connectivity index (χ3n) is 5.16. The van der Waals surface area contributed by atoms with Gasteiger partial charge in [-0.2, -0.15) is 0 Å². The van der Waals surface area contributed by atoms with E-state index in [-0.39, 0.29) is 0 Å². The first-order valence-electron chi connectivity index (χ1n) is 8.29. The van der Waals surface area contributed by atoms with Crippen LogP contribution >= 0.6 is 0 Å². The van der Waals surface area contributed by atoms with Gasteiger partial charge in [0.05, 0.1) is 26.7 Å². The molecule has 2 nitrogen and oxygen atoms in total. The van der Waals surface area contributed by atoms with Crippen LogP contribution in [0.2, 0.25) is 0 Å². The van der Waals surface area contributed by atoms with Gasteiger partial charge < -0.3 is 9.59 Å². The van der Waals surface area contributed by atoms with Crippen LogP contribution < -0.4 is 0 Å². The second-order valence-corrected chi connectivity index (χ2v) is 6.84. The van der Waals surface area contributed by atoms with E-state index < -0.39 is 5.60 Å². The summed E-state index contributed by atoms with van der Waals surface area (Å²) in [6.07, 6.45) is 3.38. The molecule has 1 aliphatic heterocycles. The molecule has 3 rings (SSSR count). The molecule has 0 saturated carbocycles. The summed E-state index contributed by atoms with van der Waals surface area (Å²) in [6.45, 7) is 3.49. The highest BCUT2D eigenvalue weighted by Crippen LogP contribution is 2.34. The molecule has 0 aromatic heterocycles. The zero-order valence-electron chi connectivity index (χ0n) is 13.4. The summed E-state index contributed by atoms with van der Waals surface area (Å²) >= 11 is 0. The van der Waals surface area contributed by atoms with Crippen molar-refractivity contribution in [3.8, 4) is 0 Å². The molecule has 2 aromatic rings. The number of quaternary nitrogens is 1. The van der Waals surface area contributed by atoms with E-state index in [0.29, 0.717) is 0 Å². The highest BCUT2D eigenvalue weighted by Gasteiger charge is 2.36. The van der Waals surface area contributed by atoms with Gasteiger partial charge in [0, 0.05) is 19.3 Å². The molecule has 1 N–H and O–H groups in total. The van der Waals surface area contributed by atoms with Crippen molar-refractivity contribution in [3.63, 3.8) is 0 Å². The van der Waals surface area contributed by atoms with Crippen LogP contribution in [0.3, 0.4) is 0 Å². The lowest BCUT2D eigenvalue weighted by molar-refractivity contribution is -0.898. The number of nitrogens with zero attached hydrogens (tertiary/aromatic N) is 1. The summed E-state index contributed by atoms with van der Waals surface area (Å²) in [5, 5.41) is 11.5. The van der Waals surface area contributed by atoms with Gasteiger partial charge in [0.1, 0.15) is 5.60 Å². The Labute approximate surface area is 133 Å². The van der Waals surface area contributed by atoms with Crippen molar-refractivity contribution in [2.24, 2.45) is 0 Å². The molecule has 1 fully saturated rings. The quantitative estimate of drug-likeness (QED) is 0.837. The van der Waals surface area contributed by atoms with E-state index in [2.05, 4.69) is 7.05 Å². The number of hydrogen-bond donors (Lipinski definition) is 1. The Morgan fingerprint density at radius 2 is 1.32 bits per heavy atom. The summed E-state index contributed by atoms with van der Waals surface area (Å²) in [6, 6.07) is 20.2. The summed E-state index contributed by atoms with van der Waals surface area (Å²) in [4.78, 5) is 0. The van der Waals surface area contributed by atoms with Crippen LogP contribution in [0.1, 0.15) is 30.4 Å². The van der Waals surface area contributed by atoms with Gasteiger partial charge in [-0.05, 0) is 11.1 Å². The van der Waals surface area contributed by atoms with E-state index in [9.17, 15) is 5.11 Å². The van der Waals surface area contributed by atoms with E-state index in [1.54, 1.807) is 0 Å². The fraction of sp³-hybridized carbons (Fsp3) is 0.400. The Balaban J connectivity index is 1.90. The van der Waals surface area contributed by atoms with Gasteiger partial charge in [0.15, 0.2) is 0 Å². The molecule has 0 unspecified atom stereocenters. The number of benzene rings is 2. The van der Waals surface area contributed by atoms with E-state index >= 15 is 0 Å². The summed E-state index contributed by atoms with van der Waals surface area (Å²) in [7, 11) is 2.32. The average molecular weight is 296 g/mol. The smallest absolute Gasteiger partial charge is 0.120 e. The maximum atomic E-state index is 11.5. The third kappa shape index (κ3) is 3.08. The standard InChI is InChI=1S/C20H26NO/c1-21(15-8-9-16-21)17-14-20(22,18-10-4-2-5-11-18)19-12-6-3-7-13-19/h2-7,10-13,22H,8-9,14-17H2,1H3/q+1. The molecule has 0 bridgehead atoms. The first-order valence-corrected chi connectivity index (χ1v) is 8.29. The van der Waals surface area contributed by atoms with Gasteiger partial charge in [-0.1, -0.05) is 60.7 Å². The van der Waals surface area contributed by atoms with Crippen molar-refractivity contribution >= 4 is 0 Å². The minimum atomic E-state index is -0.896. The molecular weight excluding hydrogens is 270 g/mol. The van der Waals surface area contributed by atoms with Crippen LogP contribution in [0.4, 0.5) is 0 Å². The highest BCUT2D eigenvalue weighted by molar-refractivity contribution is 5.35. The van der Waals surface area contributed by atoms with Crippen LogP contribution in [0.5, 0.6) is 0 Å². The molecule has 0 atom stereocenters. The summed E-state index contributed by atoms with van der Waals surface area (Å²) < 4.78 is 1.09. The number of likely N-dealkylation sites (tertiary alicyclic amines) is 1. The minimum Gasteiger partial charge on any atom is -0.380 e. The van der Waals surface area contributed by atoms with Crippen LogP contribution in [-0.4, -0.2) is 36.3 Å². The zero-order valence-corrected chi connectivity index (χ0v) is 13.4. The fourth-order valence-corrected chi connectivity index (χ4v) is 3.64. The molecule has 0 aliphatic carbocycles. The van der Waals surface area contributed by atoms with Crippen molar-refractivity contribution in [3.05, 3.63) is 71.8 Å². The van der Waals surface area contributed by atoms with E-state index in [1.165, 1.54) is 25.9 Å². The second kappa shape index (κ2) is 6.23. The average Bonchev–Trinajstić information content (AvgIpc) is 3.01. The van der Waals surface area contributed by atoms with Gasteiger partial charge >= 0.3 is 0 Å². The Hall–Kier alpha value is -1.64. The molecule has 22 heavy (non-hydrogen) atoms. The molecule has 116 valence electrons. The highest BCUT2D eigenvalue weighted by atomic mass is 16.3. The first kappa shape index (κ1) is 15.3. The van der Waals surface area contributed by atoms with Crippen molar-refractivity contribution in [2.75, 3.05) is 26.7 Å². The molecule has 2 aromatic carbocycles. The van der Waals surface area contributed by atoms with Gasteiger partial charge in [-0.25, -0.2) is 0 Å². The molecule has 1 saturated heterocycles. The Morgan fingerprint density at radius 3 is 1.77 bits per heavy atom. The van der Waals surface area contributed by atoms with Crippen molar-refractivity contribution in [2.45, 2.75) is 24.9 Å². The van der Waals surface area contributed by atoms with E-state index in [4.69, 9.17) is 0 Å². The number of hydrogen-bond acceptors (Lipinski definition) is 1. The van der Waals surface area contributed by atoms with Gasteiger partial charge in [-0.3, -0.25) is 0 Å². The van der Waals surface area contributed by atoms with Crippen molar-refractivity contribution in [1.29, 1.82) is 0 Å². The molecule has 2 heteroatoms. The Bertz CT molecular complexity index is 548. The minimum absolute atomic E-state index is 0.761. The molecular formula is C20H26NO+. The van der Waals surface area contributed by atoms with Gasteiger partial charge in [0.2, 0.25) is 0 Å². The zero-order chi connectivity index (χ0) is 15.5. The van der Waals surface area contributed by atoms with Crippen molar-refractivity contribution < 1.29 is 9.59 Å². The lowest BCUT2D eigenvalue weighted by atomic mass is 9.83. The molecule has 0 radical (unpaired) electrons. The van der Waals surface area contributed by atoms with Gasteiger partial charge in [-0.15, -0.1) is 0 Å². The van der Waals surface area contributed by atoms with Crippen LogP contribution in [-0.2, 0) is 5.60 Å². The van der Waals surface area contributed by atoms with Gasteiger partial charge in [0.25, 0.3) is 0 Å². The lowest BCUT2D eigenvalue weighted by Crippen LogP contribution is -2.44. The topological polar surface area (TPSA) is 20.2 Å². The Morgan fingerprint density at radius 1 is 0.864 bits per heavy atom.